The van der Waals surface area contributed by atoms with Gasteiger partial charge in [-0.3, -0.25) is 9.32 Å². The van der Waals surface area contributed by atoms with E-state index in [4.69, 9.17) is 16.5 Å². The molecule has 1 fully saturated rings. The van der Waals surface area contributed by atoms with Gasteiger partial charge in [-0.2, -0.15) is 4.39 Å². The Morgan fingerprint density at radius 1 is 1.56 bits per heavy atom. The fourth-order valence-electron chi connectivity index (χ4n) is 3.63. The third kappa shape index (κ3) is 4.59. The number of hydrogen-bond donors (Lipinski definition) is 1. The Bertz CT molecular complexity index is 768. The fraction of sp³-hybridized carbons (Fsp3) is 0.474. The van der Waals surface area contributed by atoms with Crippen molar-refractivity contribution < 1.29 is 19.0 Å². The zero-order valence-corrected chi connectivity index (χ0v) is 16.1. The largest absolute Gasteiger partial charge is 0.465 e. The van der Waals surface area contributed by atoms with Gasteiger partial charge in [0.05, 0.1) is 11.3 Å². The molecular formula is C19H23ClFN3O3. The van der Waals surface area contributed by atoms with Crippen LogP contribution in [0.2, 0.25) is 0 Å². The molecule has 2 atom stereocenters. The monoisotopic (exact) mass is 395 g/mol. The Balaban J connectivity index is 1.79. The molecule has 0 bridgehead atoms. The summed E-state index contributed by atoms with van der Waals surface area (Å²) < 4.78 is 20.5. The minimum Gasteiger partial charge on any atom is -0.465 e. The number of allylic oxidation sites excluding steroid dienone is 2. The minimum absolute atomic E-state index is 0.177. The molecule has 3 heterocycles. The fourth-order valence-corrected chi connectivity index (χ4v) is 3.96. The van der Waals surface area contributed by atoms with Crippen LogP contribution in [0.15, 0.2) is 36.6 Å². The molecule has 0 aliphatic carbocycles. The maximum atomic E-state index is 13.5. The van der Waals surface area contributed by atoms with Crippen LogP contribution in [0, 0.1) is 11.9 Å². The Labute approximate surface area is 163 Å². The highest BCUT2D eigenvalue weighted by molar-refractivity contribution is 6.18. The van der Waals surface area contributed by atoms with E-state index in [0.29, 0.717) is 24.4 Å². The first-order valence-electron chi connectivity index (χ1n) is 8.86. The average molecular weight is 396 g/mol. The van der Waals surface area contributed by atoms with E-state index in [2.05, 4.69) is 4.98 Å². The van der Waals surface area contributed by atoms with E-state index < -0.39 is 18.2 Å². The van der Waals surface area contributed by atoms with Crippen LogP contribution < -0.4 is 0 Å². The molecule has 3 rings (SSSR count). The Hall–Kier alpha value is -2.12. The first-order chi connectivity index (χ1) is 12.8. The number of carbonyl (C=O) groups is 1. The van der Waals surface area contributed by atoms with E-state index in [1.54, 1.807) is 24.3 Å². The standard InChI is InChI=1S/C19H23ClFN3O3/c1-19(2)11-13(7-9-27-19)12-23(18(25)26)17-5-3-4-15(24(17)20)14-6-8-22-16(21)10-14/h3-6,8,10,13,17H,7,9,11-12H2,1-2H3,(H,25,26). The van der Waals surface area contributed by atoms with Crippen LogP contribution in [-0.2, 0) is 4.74 Å². The van der Waals surface area contributed by atoms with Gasteiger partial charge in [0, 0.05) is 42.8 Å². The molecule has 0 aromatic carbocycles. The smallest absolute Gasteiger partial charge is 0.409 e. The molecule has 1 aromatic heterocycles. The first kappa shape index (κ1) is 19.6. The molecule has 0 saturated carbocycles. The third-order valence-corrected chi connectivity index (χ3v) is 5.22. The van der Waals surface area contributed by atoms with Crippen molar-refractivity contribution in [1.29, 1.82) is 0 Å². The molecule has 1 aromatic rings. The number of halogens is 2. The quantitative estimate of drug-likeness (QED) is 0.614. The molecule has 0 spiro atoms. The molecule has 27 heavy (non-hydrogen) atoms. The van der Waals surface area contributed by atoms with E-state index in [1.165, 1.54) is 21.6 Å². The maximum Gasteiger partial charge on any atom is 0.409 e. The van der Waals surface area contributed by atoms with E-state index >= 15 is 0 Å². The van der Waals surface area contributed by atoms with Crippen molar-refractivity contribution >= 4 is 23.6 Å². The maximum absolute atomic E-state index is 13.5. The van der Waals surface area contributed by atoms with E-state index in [9.17, 15) is 14.3 Å². The number of aromatic nitrogens is 1. The van der Waals surface area contributed by atoms with E-state index in [0.717, 1.165) is 12.8 Å². The molecule has 2 aliphatic heterocycles. The number of carboxylic acid groups (broad SMARTS) is 1. The van der Waals surface area contributed by atoms with Crippen LogP contribution in [0.3, 0.4) is 0 Å². The number of pyridine rings is 1. The second kappa shape index (κ2) is 7.86. The van der Waals surface area contributed by atoms with E-state index in [-0.39, 0.29) is 11.5 Å². The SMILES string of the molecule is CC1(C)CC(CN(C(=O)O)C2C=CC=C(c3ccnc(F)c3)N2Cl)CCO1. The zero-order valence-electron chi connectivity index (χ0n) is 15.3. The van der Waals surface area contributed by atoms with Crippen molar-refractivity contribution in [1.82, 2.24) is 14.3 Å². The van der Waals surface area contributed by atoms with Gasteiger partial charge in [-0.25, -0.2) is 9.78 Å². The van der Waals surface area contributed by atoms with Gasteiger partial charge in [-0.15, -0.1) is 0 Å². The van der Waals surface area contributed by atoms with Crippen molar-refractivity contribution in [3.05, 3.63) is 48.1 Å². The summed E-state index contributed by atoms with van der Waals surface area (Å²) in [6.45, 7) is 4.98. The Morgan fingerprint density at radius 2 is 2.33 bits per heavy atom. The Morgan fingerprint density at radius 3 is 3.00 bits per heavy atom. The summed E-state index contributed by atoms with van der Waals surface area (Å²) in [7, 11) is 0. The second-order valence-corrected chi connectivity index (χ2v) is 7.79. The van der Waals surface area contributed by atoms with Gasteiger partial charge in [0.15, 0.2) is 0 Å². The number of hydrogen-bond acceptors (Lipinski definition) is 4. The lowest BCUT2D eigenvalue weighted by Gasteiger charge is -2.41. The predicted octanol–water partition coefficient (Wildman–Crippen LogP) is 4.10. The lowest BCUT2D eigenvalue weighted by atomic mass is 9.88. The van der Waals surface area contributed by atoms with Gasteiger partial charge in [-0.05, 0) is 50.8 Å². The molecule has 6 nitrogen and oxygen atoms in total. The van der Waals surface area contributed by atoms with Crippen molar-refractivity contribution in [2.45, 2.75) is 38.5 Å². The van der Waals surface area contributed by atoms with Crippen LogP contribution in [0.1, 0.15) is 32.3 Å². The van der Waals surface area contributed by atoms with Crippen LogP contribution in [0.25, 0.3) is 5.70 Å². The molecule has 2 aliphatic rings. The van der Waals surface area contributed by atoms with Crippen molar-refractivity contribution in [3.63, 3.8) is 0 Å². The van der Waals surface area contributed by atoms with Gasteiger partial charge >= 0.3 is 6.09 Å². The van der Waals surface area contributed by atoms with Crippen LogP contribution in [-0.4, -0.2) is 50.4 Å². The summed E-state index contributed by atoms with van der Waals surface area (Å²) in [5.74, 6) is -0.444. The normalized spacial score (nSPS) is 24.4. The molecule has 2 unspecified atom stereocenters. The molecule has 1 N–H and O–H groups in total. The molecule has 8 heteroatoms. The summed E-state index contributed by atoms with van der Waals surface area (Å²) in [5.41, 5.74) is 0.781. The summed E-state index contributed by atoms with van der Waals surface area (Å²) in [6.07, 6.45) is 6.34. The average Bonchev–Trinajstić information content (AvgIpc) is 2.59. The third-order valence-electron chi connectivity index (χ3n) is 4.84. The number of ether oxygens (including phenoxy) is 1. The minimum atomic E-state index is -1.05. The lowest BCUT2D eigenvalue weighted by molar-refractivity contribution is -0.0775. The van der Waals surface area contributed by atoms with Crippen molar-refractivity contribution in [2.24, 2.45) is 5.92 Å². The molecule has 1 saturated heterocycles. The number of rotatable bonds is 4. The van der Waals surface area contributed by atoms with E-state index in [1.807, 2.05) is 13.8 Å². The topological polar surface area (TPSA) is 65.9 Å². The highest BCUT2D eigenvalue weighted by Crippen LogP contribution is 2.33. The van der Waals surface area contributed by atoms with Gasteiger partial charge < -0.3 is 9.84 Å². The lowest BCUT2D eigenvalue weighted by Crippen LogP contribution is -2.49. The van der Waals surface area contributed by atoms with Gasteiger partial charge in [0.2, 0.25) is 5.95 Å². The molecular weight excluding hydrogens is 373 g/mol. The first-order valence-corrected chi connectivity index (χ1v) is 9.19. The van der Waals surface area contributed by atoms with Gasteiger partial charge in [-0.1, -0.05) is 6.08 Å². The number of amides is 1. The molecule has 146 valence electrons. The molecule has 1 amide bonds. The van der Waals surface area contributed by atoms with Crippen LogP contribution in [0.4, 0.5) is 9.18 Å². The van der Waals surface area contributed by atoms with Crippen LogP contribution in [0.5, 0.6) is 0 Å². The second-order valence-electron chi connectivity index (χ2n) is 7.43. The summed E-state index contributed by atoms with van der Waals surface area (Å²) in [5, 5.41) is 9.79. The summed E-state index contributed by atoms with van der Waals surface area (Å²) in [6, 6.07) is 2.90. The van der Waals surface area contributed by atoms with Crippen molar-refractivity contribution in [2.75, 3.05) is 13.2 Å². The predicted molar refractivity (Wildman–Crippen MR) is 100 cm³/mol. The summed E-state index contributed by atoms with van der Waals surface area (Å²) >= 11 is 6.49. The van der Waals surface area contributed by atoms with Crippen LogP contribution >= 0.6 is 11.8 Å². The van der Waals surface area contributed by atoms with Crippen molar-refractivity contribution in [3.8, 4) is 0 Å². The zero-order chi connectivity index (χ0) is 19.6. The Kier molecular flexibility index (Phi) is 5.72. The van der Waals surface area contributed by atoms with Gasteiger partial charge in [0.1, 0.15) is 6.17 Å². The summed E-state index contributed by atoms with van der Waals surface area (Å²) in [4.78, 5) is 16.8. The number of nitrogens with zero attached hydrogens (tertiary/aromatic N) is 3. The van der Waals surface area contributed by atoms with Gasteiger partial charge in [0.25, 0.3) is 0 Å². The molecule has 0 radical (unpaired) electrons. The highest BCUT2D eigenvalue weighted by Gasteiger charge is 2.35. The highest BCUT2D eigenvalue weighted by atomic mass is 35.5.